The molecular weight excluding hydrogens is 256 g/mol. The van der Waals surface area contributed by atoms with Crippen molar-refractivity contribution in [2.75, 3.05) is 0 Å². The Kier molecular flexibility index (Phi) is 4.56. The van der Waals surface area contributed by atoms with Crippen LogP contribution >= 0.6 is 11.3 Å². The van der Waals surface area contributed by atoms with E-state index < -0.39 is 0 Å². The minimum absolute atomic E-state index is 0.0505. The molecule has 1 aromatic heterocycles. The van der Waals surface area contributed by atoms with Gasteiger partial charge in [-0.15, -0.1) is 11.3 Å². The van der Waals surface area contributed by atoms with E-state index in [9.17, 15) is 4.79 Å². The molecule has 2 rings (SSSR count). The summed E-state index contributed by atoms with van der Waals surface area (Å²) < 4.78 is 1.29. The Balaban J connectivity index is 1.97. The Morgan fingerprint density at radius 1 is 1.26 bits per heavy atom. The lowest BCUT2D eigenvalue weighted by atomic mass is 10.1. The first-order chi connectivity index (χ1) is 9.08. The highest BCUT2D eigenvalue weighted by Gasteiger charge is 2.13. The van der Waals surface area contributed by atoms with Gasteiger partial charge in [-0.2, -0.15) is 0 Å². The van der Waals surface area contributed by atoms with E-state index in [0.29, 0.717) is 0 Å². The average molecular weight is 276 g/mol. The van der Waals surface area contributed by atoms with Crippen LogP contribution in [-0.2, 0) is 11.3 Å². The highest BCUT2D eigenvalue weighted by atomic mass is 32.1. The summed E-state index contributed by atoms with van der Waals surface area (Å²) in [5.41, 5.74) is 1.25. The Morgan fingerprint density at radius 2 is 2.00 bits per heavy atom. The molecule has 2 N–H and O–H groups in total. The van der Waals surface area contributed by atoms with Crippen LogP contribution in [0.15, 0.2) is 29.6 Å². The molecule has 0 aliphatic rings. The molecule has 4 heteroatoms. The monoisotopic (exact) mass is 276 g/mol. The fraction of sp³-hybridized carbons (Fsp3) is 0.400. The number of hydrogen-bond donors (Lipinski definition) is 2. The van der Waals surface area contributed by atoms with Crippen LogP contribution in [-0.4, -0.2) is 18.0 Å². The minimum Gasteiger partial charge on any atom is -0.353 e. The molecule has 0 fully saturated rings. The van der Waals surface area contributed by atoms with Crippen molar-refractivity contribution in [2.45, 2.75) is 39.4 Å². The molecule has 1 amide bonds. The molecule has 1 aromatic carbocycles. The Bertz CT molecular complexity index is 562. The van der Waals surface area contributed by atoms with Crippen LogP contribution in [0.5, 0.6) is 0 Å². The molecule has 102 valence electrons. The SMILES string of the molecule is CC(C)NC(=O)C(C)NCc1csc2ccccc12. The summed E-state index contributed by atoms with van der Waals surface area (Å²) in [6.45, 7) is 6.55. The summed E-state index contributed by atoms with van der Waals surface area (Å²) in [6, 6.07) is 8.35. The normalized spacial score (nSPS) is 12.8. The van der Waals surface area contributed by atoms with Crippen LogP contribution in [0.4, 0.5) is 0 Å². The van der Waals surface area contributed by atoms with Crippen LogP contribution in [0.25, 0.3) is 10.1 Å². The van der Waals surface area contributed by atoms with E-state index in [2.05, 4.69) is 34.2 Å². The number of rotatable bonds is 5. The van der Waals surface area contributed by atoms with Crippen molar-refractivity contribution in [3.63, 3.8) is 0 Å². The molecular formula is C15H20N2OS. The fourth-order valence-electron chi connectivity index (χ4n) is 1.93. The number of thiophene rings is 1. The summed E-state index contributed by atoms with van der Waals surface area (Å²) in [5, 5.41) is 9.62. The van der Waals surface area contributed by atoms with Gasteiger partial charge in [-0.05, 0) is 43.2 Å². The maximum Gasteiger partial charge on any atom is 0.237 e. The van der Waals surface area contributed by atoms with Gasteiger partial charge in [-0.1, -0.05) is 18.2 Å². The van der Waals surface area contributed by atoms with Crippen molar-refractivity contribution in [3.8, 4) is 0 Å². The van der Waals surface area contributed by atoms with Crippen molar-refractivity contribution >= 4 is 27.3 Å². The third-order valence-corrected chi connectivity index (χ3v) is 4.00. The maximum absolute atomic E-state index is 11.8. The van der Waals surface area contributed by atoms with E-state index in [0.717, 1.165) is 6.54 Å². The summed E-state index contributed by atoms with van der Waals surface area (Å²) in [7, 11) is 0. The zero-order valence-corrected chi connectivity index (χ0v) is 12.4. The van der Waals surface area contributed by atoms with Crippen molar-refractivity contribution in [1.82, 2.24) is 10.6 Å². The van der Waals surface area contributed by atoms with Crippen LogP contribution in [0.1, 0.15) is 26.3 Å². The number of hydrogen-bond acceptors (Lipinski definition) is 3. The molecule has 3 nitrogen and oxygen atoms in total. The number of carbonyl (C=O) groups excluding carboxylic acids is 1. The van der Waals surface area contributed by atoms with Crippen LogP contribution in [0, 0.1) is 0 Å². The number of carbonyl (C=O) groups is 1. The second kappa shape index (κ2) is 6.17. The zero-order chi connectivity index (χ0) is 13.8. The van der Waals surface area contributed by atoms with Gasteiger partial charge in [0.15, 0.2) is 0 Å². The molecule has 0 bridgehead atoms. The predicted octanol–water partition coefficient (Wildman–Crippen LogP) is 2.90. The summed E-state index contributed by atoms with van der Waals surface area (Å²) >= 11 is 1.74. The van der Waals surface area contributed by atoms with Gasteiger partial charge in [0.2, 0.25) is 5.91 Å². The van der Waals surface area contributed by atoms with E-state index in [-0.39, 0.29) is 18.0 Å². The first-order valence-corrected chi connectivity index (χ1v) is 7.44. The smallest absolute Gasteiger partial charge is 0.237 e. The first kappa shape index (κ1) is 14.0. The van der Waals surface area contributed by atoms with Gasteiger partial charge in [0.1, 0.15) is 0 Å². The Labute approximate surface area is 118 Å². The molecule has 2 aromatic rings. The van der Waals surface area contributed by atoms with Gasteiger partial charge in [0.25, 0.3) is 0 Å². The van der Waals surface area contributed by atoms with Crippen molar-refractivity contribution in [2.24, 2.45) is 0 Å². The van der Waals surface area contributed by atoms with Crippen molar-refractivity contribution in [1.29, 1.82) is 0 Å². The van der Waals surface area contributed by atoms with Crippen molar-refractivity contribution < 1.29 is 4.79 Å². The third kappa shape index (κ3) is 3.55. The van der Waals surface area contributed by atoms with Gasteiger partial charge in [-0.25, -0.2) is 0 Å². The lowest BCUT2D eigenvalue weighted by Crippen LogP contribution is -2.44. The number of fused-ring (bicyclic) bond motifs is 1. The molecule has 0 aliphatic heterocycles. The molecule has 1 atom stereocenters. The predicted molar refractivity (Wildman–Crippen MR) is 81.4 cm³/mol. The summed E-state index contributed by atoms with van der Waals surface area (Å²) in [5.74, 6) is 0.0505. The fourth-order valence-corrected chi connectivity index (χ4v) is 2.90. The van der Waals surface area contributed by atoms with Crippen LogP contribution < -0.4 is 10.6 Å². The van der Waals surface area contributed by atoms with E-state index in [1.54, 1.807) is 11.3 Å². The zero-order valence-electron chi connectivity index (χ0n) is 11.6. The molecule has 0 aliphatic carbocycles. The lowest BCUT2D eigenvalue weighted by Gasteiger charge is -2.15. The van der Waals surface area contributed by atoms with Gasteiger partial charge >= 0.3 is 0 Å². The largest absolute Gasteiger partial charge is 0.353 e. The highest BCUT2D eigenvalue weighted by Crippen LogP contribution is 2.25. The summed E-state index contributed by atoms with van der Waals surface area (Å²) in [4.78, 5) is 11.8. The second-order valence-corrected chi connectivity index (χ2v) is 5.93. The quantitative estimate of drug-likeness (QED) is 0.881. The third-order valence-electron chi connectivity index (χ3n) is 2.98. The van der Waals surface area contributed by atoms with E-state index in [4.69, 9.17) is 0 Å². The topological polar surface area (TPSA) is 41.1 Å². The maximum atomic E-state index is 11.8. The van der Waals surface area contributed by atoms with E-state index in [1.165, 1.54) is 15.6 Å². The first-order valence-electron chi connectivity index (χ1n) is 6.57. The molecule has 1 unspecified atom stereocenters. The molecule has 0 spiro atoms. The Morgan fingerprint density at radius 3 is 2.74 bits per heavy atom. The molecule has 0 saturated carbocycles. The molecule has 0 radical (unpaired) electrons. The van der Waals surface area contributed by atoms with Gasteiger partial charge in [-0.3, -0.25) is 4.79 Å². The number of nitrogens with one attached hydrogen (secondary N) is 2. The standard InChI is InChI=1S/C15H20N2OS/c1-10(2)17-15(18)11(3)16-8-12-9-19-14-7-5-4-6-13(12)14/h4-7,9-11,16H,8H2,1-3H3,(H,17,18). The average Bonchev–Trinajstić information content (AvgIpc) is 2.78. The minimum atomic E-state index is -0.180. The Hall–Kier alpha value is -1.39. The van der Waals surface area contributed by atoms with Crippen LogP contribution in [0.3, 0.4) is 0 Å². The molecule has 19 heavy (non-hydrogen) atoms. The highest BCUT2D eigenvalue weighted by molar-refractivity contribution is 7.17. The number of amides is 1. The number of benzene rings is 1. The summed E-state index contributed by atoms with van der Waals surface area (Å²) in [6.07, 6.45) is 0. The van der Waals surface area contributed by atoms with Crippen molar-refractivity contribution in [3.05, 3.63) is 35.2 Å². The van der Waals surface area contributed by atoms with E-state index in [1.807, 2.05) is 26.8 Å². The van der Waals surface area contributed by atoms with Gasteiger partial charge in [0, 0.05) is 17.3 Å². The molecule has 0 saturated heterocycles. The van der Waals surface area contributed by atoms with E-state index >= 15 is 0 Å². The van der Waals surface area contributed by atoms with Crippen LogP contribution in [0.2, 0.25) is 0 Å². The van der Waals surface area contributed by atoms with Gasteiger partial charge in [0.05, 0.1) is 6.04 Å². The molecule has 1 heterocycles. The second-order valence-electron chi connectivity index (χ2n) is 5.02. The van der Waals surface area contributed by atoms with Gasteiger partial charge < -0.3 is 10.6 Å². The lowest BCUT2D eigenvalue weighted by molar-refractivity contribution is -0.123.